The minimum Gasteiger partial charge on any atom is -0.507 e. The van der Waals surface area contributed by atoms with Gasteiger partial charge in [-0.15, -0.1) is 20.5 Å². The van der Waals surface area contributed by atoms with Gasteiger partial charge in [0.15, 0.2) is 5.75 Å². The van der Waals surface area contributed by atoms with Gasteiger partial charge in [0, 0.05) is 32.6 Å². The van der Waals surface area contributed by atoms with Crippen LogP contribution in [-0.2, 0) is 10.1 Å². The van der Waals surface area contributed by atoms with Gasteiger partial charge in [-0.05, 0) is 96.7 Å². The van der Waals surface area contributed by atoms with Crippen molar-refractivity contribution in [2.75, 3.05) is 5.73 Å². The molecule has 7 rings (SSSR count). The maximum absolute atomic E-state index is 12.0. The second-order valence-electron chi connectivity index (χ2n) is 11.4. The smallest absolute Gasteiger partial charge is 0.294 e. The molecule has 0 saturated heterocycles. The molecule has 0 atom stereocenters. The van der Waals surface area contributed by atoms with Crippen molar-refractivity contribution in [1.82, 2.24) is 0 Å². The molecule has 0 aliphatic carbocycles. The van der Waals surface area contributed by atoms with Crippen molar-refractivity contribution in [3.63, 3.8) is 0 Å². The van der Waals surface area contributed by atoms with E-state index in [0.717, 1.165) is 16.3 Å². The standard InChI is InChI=1S/C37H27N7O5S/c1-21-18-24(10-15-31(21)40-42-32-6-2-5-29-27(32)4-3-7-36(29)45)39-41-33-16-17-34(30-20-25(50(47,48)49)11-13-28(30)33)43-44-35-14-8-22-19-23(38)9-12-26(22)37(35)46/h2-20,45-46H,38H2,1H3,(H,47,48,49). The fourth-order valence-electron chi connectivity index (χ4n) is 5.54. The van der Waals surface area contributed by atoms with Gasteiger partial charge < -0.3 is 15.9 Å². The zero-order valence-electron chi connectivity index (χ0n) is 26.3. The van der Waals surface area contributed by atoms with Crippen molar-refractivity contribution in [3.8, 4) is 11.5 Å². The molecule has 13 heteroatoms. The molecule has 7 aromatic carbocycles. The van der Waals surface area contributed by atoms with Gasteiger partial charge in [0.2, 0.25) is 0 Å². The monoisotopic (exact) mass is 681 g/mol. The molecule has 7 aromatic rings. The predicted molar refractivity (Wildman–Crippen MR) is 193 cm³/mol. The molecule has 0 aliphatic rings. The largest absolute Gasteiger partial charge is 0.507 e. The third-order valence-electron chi connectivity index (χ3n) is 8.09. The molecule has 5 N–H and O–H groups in total. The molecule has 0 heterocycles. The molecule has 50 heavy (non-hydrogen) atoms. The Morgan fingerprint density at radius 1 is 0.540 bits per heavy atom. The number of nitrogens with zero attached hydrogens (tertiary/aromatic N) is 6. The lowest BCUT2D eigenvalue weighted by Gasteiger charge is -2.07. The van der Waals surface area contributed by atoms with Crippen molar-refractivity contribution in [2.45, 2.75) is 11.8 Å². The number of aromatic hydroxyl groups is 2. The number of hydrogen-bond acceptors (Lipinski definition) is 11. The number of rotatable bonds is 7. The molecule has 0 amide bonds. The second-order valence-corrected chi connectivity index (χ2v) is 12.8. The summed E-state index contributed by atoms with van der Waals surface area (Å²) in [5.41, 5.74) is 9.87. The van der Waals surface area contributed by atoms with E-state index in [2.05, 4.69) is 30.7 Å². The van der Waals surface area contributed by atoms with Crippen LogP contribution >= 0.6 is 0 Å². The van der Waals surface area contributed by atoms with E-state index < -0.39 is 10.1 Å². The molecule has 0 saturated carbocycles. The molecule has 0 bridgehead atoms. The van der Waals surface area contributed by atoms with E-state index in [9.17, 15) is 23.2 Å². The highest BCUT2D eigenvalue weighted by atomic mass is 32.2. The summed E-state index contributed by atoms with van der Waals surface area (Å²) in [4.78, 5) is -0.331. The maximum Gasteiger partial charge on any atom is 0.294 e. The van der Waals surface area contributed by atoms with Crippen LogP contribution in [0.3, 0.4) is 0 Å². The Morgan fingerprint density at radius 2 is 1.14 bits per heavy atom. The van der Waals surface area contributed by atoms with Gasteiger partial charge in [-0.2, -0.15) is 18.6 Å². The molecule has 0 spiro atoms. The first-order valence-corrected chi connectivity index (χ1v) is 16.6. The van der Waals surface area contributed by atoms with E-state index in [1.165, 1.54) is 18.2 Å². The van der Waals surface area contributed by atoms with Gasteiger partial charge in [0.05, 0.1) is 33.3 Å². The summed E-state index contributed by atoms with van der Waals surface area (Å²) >= 11 is 0. The number of hydrogen-bond donors (Lipinski definition) is 4. The number of phenols is 2. The highest BCUT2D eigenvalue weighted by Crippen LogP contribution is 2.40. The number of azo groups is 3. The molecule has 0 fully saturated rings. The van der Waals surface area contributed by atoms with E-state index in [-0.39, 0.29) is 27.8 Å². The Bertz CT molecular complexity index is 2690. The maximum atomic E-state index is 12.0. The number of nitrogens with two attached hydrogens (primary N) is 1. The summed E-state index contributed by atoms with van der Waals surface area (Å²) in [6.45, 7) is 1.87. The number of aryl methyl sites for hydroxylation is 1. The summed E-state index contributed by atoms with van der Waals surface area (Å²) in [5.74, 6) is 0.0836. The second kappa shape index (κ2) is 12.8. The Hall–Kier alpha value is -6.57. The van der Waals surface area contributed by atoms with E-state index in [1.807, 2.05) is 31.2 Å². The summed E-state index contributed by atoms with van der Waals surface area (Å²) in [6.07, 6.45) is 0. The van der Waals surface area contributed by atoms with Crippen molar-refractivity contribution in [1.29, 1.82) is 0 Å². The van der Waals surface area contributed by atoms with Crippen LogP contribution in [-0.4, -0.2) is 23.2 Å². The Kier molecular flexibility index (Phi) is 8.19. The molecule has 0 aliphatic heterocycles. The lowest BCUT2D eigenvalue weighted by molar-refractivity contribution is 0.481. The Balaban J connectivity index is 1.20. The first-order chi connectivity index (χ1) is 24.0. The van der Waals surface area contributed by atoms with Crippen LogP contribution in [0.2, 0.25) is 0 Å². The normalized spacial score (nSPS) is 12.4. The predicted octanol–water partition coefficient (Wildman–Crippen LogP) is 10.9. The van der Waals surface area contributed by atoms with Crippen LogP contribution in [0.5, 0.6) is 11.5 Å². The number of anilines is 1. The number of benzene rings is 7. The summed E-state index contributed by atoms with van der Waals surface area (Å²) in [6, 6.07) is 31.8. The van der Waals surface area contributed by atoms with Crippen LogP contribution in [0, 0.1) is 6.92 Å². The van der Waals surface area contributed by atoms with Crippen molar-refractivity contribution in [3.05, 3.63) is 121 Å². The van der Waals surface area contributed by atoms with Crippen LogP contribution in [0.1, 0.15) is 5.56 Å². The van der Waals surface area contributed by atoms with Gasteiger partial charge in [0.25, 0.3) is 10.1 Å². The van der Waals surface area contributed by atoms with Crippen LogP contribution in [0.4, 0.5) is 39.8 Å². The van der Waals surface area contributed by atoms with Gasteiger partial charge in [0.1, 0.15) is 11.4 Å². The highest BCUT2D eigenvalue weighted by molar-refractivity contribution is 7.85. The topological polar surface area (TPSA) is 195 Å². The van der Waals surface area contributed by atoms with Gasteiger partial charge >= 0.3 is 0 Å². The van der Waals surface area contributed by atoms with Crippen molar-refractivity contribution < 1.29 is 23.2 Å². The molecule has 0 aromatic heterocycles. The number of nitrogen functional groups attached to an aromatic ring is 1. The van der Waals surface area contributed by atoms with Gasteiger partial charge in [-0.3, -0.25) is 4.55 Å². The zero-order chi connectivity index (χ0) is 35.0. The van der Waals surface area contributed by atoms with E-state index >= 15 is 0 Å². The Labute approximate surface area is 285 Å². The lowest BCUT2D eigenvalue weighted by Crippen LogP contribution is -1.97. The molecule has 246 valence electrons. The average molecular weight is 682 g/mol. The van der Waals surface area contributed by atoms with Crippen molar-refractivity contribution in [2.24, 2.45) is 30.7 Å². The zero-order valence-corrected chi connectivity index (χ0v) is 27.1. The van der Waals surface area contributed by atoms with Crippen LogP contribution < -0.4 is 5.73 Å². The minimum atomic E-state index is -4.53. The first-order valence-electron chi connectivity index (χ1n) is 15.2. The highest BCUT2D eigenvalue weighted by Gasteiger charge is 2.15. The average Bonchev–Trinajstić information content (AvgIpc) is 3.10. The van der Waals surface area contributed by atoms with Crippen molar-refractivity contribution >= 4 is 82.2 Å². The van der Waals surface area contributed by atoms with Gasteiger partial charge in [-0.25, -0.2) is 0 Å². The fourth-order valence-corrected chi connectivity index (χ4v) is 6.04. The molecular weight excluding hydrogens is 655 g/mol. The molecular formula is C37H27N7O5S. The molecule has 0 radical (unpaired) electrons. The quantitative estimate of drug-likeness (QED) is 0.0733. The van der Waals surface area contributed by atoms with E-state index in [0.29, 0.717) is 50.0 Å². The SMILES string of the molecule is Cc1cc(N=Nc2ccc(N=Nc3ccc4cc(N)ccc4c3O)c3cc(S(=O)(=O)O)ccc23)ccc1N=Nc1cccc2c(O)cccc12. The van der Waals surface area contributed by atoms with Crippen LogP contribution in [0.25, 0.3) is 32.3 Å². The first kappa shape index (κ1) is 32.0. The third kappa shape index (κ3) is 6.33. The van der Waals surface area contributed by atoms with E-state index in [1.54, 1.807) is 72.8 Å². The fraction of sp³-hybridized carbons (Fsp3) is 0.0270. The van der Waals surface area contributed by atoms with E-state index in [4.69, 9.17) is 5.73 Å². The Morgan fingerprint density at radius 3 is 1.92 bits per heavy atom. The summed E-state index contributed by atoms with van der Waals surface area (Å²) in [7, 11) is -4.53. The summed E-state index contributed by atoms with van der Waals surface area (Å²) < 4.78 is 33.8. The summed E-state index contributed by atoms with van der Waals surface area (Å²) in [5, 5.41) is 50.8. The number of phenolic OH excluding ortho intramolecular Hbond substituents is 2. The van der Waals surface area contributed by atoms with Gasteiger partial charge in [-0.1, -0.05) is 36.4 Å². The lowest BCUT2D eigenvalue weighted by atomic mass is 10.1. The van der Waals surface area contributed by atoms with Crippen LogP contribution in [0.15, 0.2) is 151 Å². The third-order valence-corrected chi connectivity index (χ3v) is 8.94. The minimum absolute atomic E-state index is 0.0868. The molecule has 0 unspecified atom stereocenters. The molecule has 12 nitrogen and oxygen atoms in total. The number of fused-ring (bicyclic) bond motifs is 3.